The third-order valence-electron chi connectivity index (χ3n) is 1.50. The molecule has 0 N–H and O–H groups in total. The summed E-state index contributed by atoms with van der Waals surface area (Å²) < 4.78 is 25.7. The molecule has 0 saturated carbocycles. The number of thiol groups is 1. The van der Waals surface area contributed by atoms with Crippen LogP contribution >= 0.6 is 12.6 Å². The van der Waals surface area contributed by atoms with Crippen molar-refractivity contribution in [2.75, 3.05) is 0 Å². The van der Waals surface area contributed by atoms with Crippen LogP contribution in [0.2, 0.25) is 0 Å². The third-order valence-corrected chi connectivity index (χ3v) is 1.85. The molecule has 0 aromatic carbocycles. The van der Waals surface area contributed by atoms with Gasteiger partial charge < -0.3 is 0 Å². The van der Waals surface area contributed by atoms with E-state index in [0.29, 0.717) is 12.3 Å². The number of hydrogen-bond donors (Lipinski definition) is 1. The zero-order valence-electron chi connectivity index (χ0n) is 7.72. The first-order valence-electron chi connectivity index (χ1n) is 4.10. The van der Waals surface area contributed by atoms with E-state index < -0.39 is 11.2 Å². The molecule has 0 aromatic rings. The van der Waals surface area contributed by atoms with Crippen molar-refractivity contribution in [2.24, 2.45) is 5.92 Å². The average molecular weight is 194 g/mol. The Bertz CT molecular complexity index is 151. The second kappa shape index (κ2) is 4.85. The molecule has 0 aliphatic rings. The fourth-order valence-corrected chi connectivity index (χ4v) is 0.723. The lowest BCUT2D eigenvalue weighted by Gasteiger charge is -2.14. The van der Waals surface area contributed by atoms with E-state index in [4.69, 9.17) is 0 Å². The molecule has 1 atom stereocenters. The highest BCUT2D eigenvalue weighted by Gasteiger charge is 2.30. The van der Waals surface area contributed by atoms with Crippen LogP contribution in [0.25, 0.3) is 0 Å². The van der Waals surface area contributed by atoms with Crippen LogP contribution in [0, 0.1) is 5.92 Å². The number of halogens is 2. The van der Waals surface area contributed by atoms with Crippen LogP contribution in [0.5, 0.6) is 0 Å². The molecular formula is C9H16F2S. The first-order chi connectivity index (χ1) is 5.36. The summed E-state index contributed by atoms with van der Waals surface area (Å²) in [4.78, 5) is 0. The standard InChI is InChI=1S/C9H16F2S/c1-7(2)5-4-6-9(10,11)8(3)12/h4,6-8,12H,5H2,1-3H3/b6-4+. The van der Waals surface area contributed by atoms with Crippen molar-refractivity contribution in [3.05, 3.63) is 12.2 Å². The smallest absolute Gasteiger partial charge is 0.201 e. The van der Waals surface area contributed by atoms with Crippen LogP contribution < -0.4 is 0 Å². The van der Waals surface area contributed by atoms with E-state index in [9.17, 15) is 8.78 Å². The van der Waals surface area contributed by atoms with Crippen LogP contribution in [0.3, 0.4) is 0 Å². The van der Waals surface area contributed by atoms with Crippen molar-refractivity contribution >= 4 is 12.6 Å². The molecule has 0 heterocycles. The minimum absolute atomic E-state index is 0.423. The van der Waals surface area contributed by atoms with E-state index in [1.54, 1.807) is 0 Å². The molecule has 0 aromatic heterocycles. The maximum Gasteiger partial charge on any atom is 0.277 e. The molecule has 0 nitrogen and oxygen atoms in total. The predicted molar refractivity (Wildman–Crippen MR) is 52.0 cm³/mol. The largest absolute Gasteiger partial charge is 0.277 e. The summed E-state index contributed by atoms with van der Waals surface area (Å²) in [6.07, 6.45) is 3.16. The minimum Gasteiger partial charge on any atom is -0.201 e. The third kappa shape index (κ3) is 4.75. The van der Waals surface area contributed by atoms with Crippen LogP contribution in [-0.4, -0.2) is 11.2 Å². The Morgan fingerprint density at radius 3 is 2.17 bits per heavy atom. The predicted octanol–water partition coefficient (Wildman–Crippen LogP) is 3.54. The van der Waals surface area contributed by atoms with Gasteiger partial charge in [0.25, 0.3) is 5.92 Å². The maximum absolute atomic E-state index is 12.8. The van der Waals surface area contributed by atoms with Gasteiger partial charge in [0.1, 0.15) is 0 Å². The van der Waals surface area contributed by atoms with Gasteiger partial charge in [0.05, 0.1) is 5.25 Å². The van der Waals surface area contributed by atoms with Crippen molar-refractivity contribution in [3.8, 4) is 0 Å². The molecule has 1 unspecified atom stereocenters. The zero-order chi connectivity index (χ0) is 9.78. The fraction of sp³-hybridized carbons (Fsp3) is 0.778. The Hall–Kier alpha value is -0.0500. The highest BCUT2D eigenvalue weighted by molar-refractivity contribution is 7.81. The normalized spacial score (nSPS) is 15.9. The van der Waals surface area contributed by atoms with E-state index in [-0.39, 0.29) is 0 Å². The molecule has 72 valence electrons. The lowest BCUT2D eigenvalue weighted by Crippen LogP contribution is -2.23. The van der Waals surface area contributed by atoms with Crippen molar-refractivity contribution < 1.29 is 8.78 Å². The van der Waals surface area contributed by atoms with Gasteiger partial charge in [0.2, 0.25) is 0 Å². The SMILES string of the molecule is CC(C)C/C=C/C(F)(F)C(C)S. The van der Waals surface area contributed by atoms with Crippen LogP contribution in [0.1, 0.15) is 27.2 Å². The van der Waals surface area contributed by atoms with E-state index in [2.05, 4.69) is 12.6 Å². The second-order valence-corrected chi connectivity index (χ2v) is 4.16. The summed E-state index contributed by atoms with van der Waals surface area (Å²) in [6, 6.07) is 0. The molecule has 0 bridgehead atoms. The molecule has 3 heteroatoms. The number of rotatable bonds is 4. The molecule has 0 fully saturated rings. The molecule has 0 rings (SSSR count). The monoisotopic (exact) mass is 194 g/mol. The minimum atomic E-state index is -2.78. The van der Waals surface area contributed by atoms with Gasteiger partial charge in [-0.3, -0.25) is 0 Å². The van der Waals surface area contributed by atoms with E-state index in [1.165, 1.54) is 13.0 Å². The Kier molecular flexibility index (Phi) is 4.83. The van der Waals surface area contributed by atoms with Gasteiger partial charge in [0.15, 0.2) is 0 Å². The van der Waals surface area contributed by atoms with Gasteiger partial charge >= 0.3 is 0 Å². The van der Waals surface area contributed by atoms with Crippen molar-refractivity contribution in [2.45, 2.75) is 38.4 Å². The van der Waals surface area contributed by atoms with Gasteiger partial charge in [-0.1, -0.05) is 19.9 Å². The number of hydrogen-bond acceptors (Lipinski definition) is 1. The first-order valence-corrected chi connectivity index (χ1v) is 4.61. The molecular weight excluding hydrogens is 178 g/mol. The summed E-state index contributed by atoms with van der Waals surface area (Å²) in [7, 11) is 0. The molecule has 12 heavy (non-hydrogen) atoms. The van der Waals surface area contributed by atoms with Crippen LogP contribution in [0.4, 0.5) is 8.78 Å². The summed E-state index contributed by atoms with van der Waals surface area (Å²) in [5.41, 5.74) is 0. The quantitative estimate of drug-likeness (QED) is 0.513. The second-order valence-electron chi connectivity index (χ2n) is 3.38. The van der Waals surface area contributed by atoms with Crippen molar-refractivity contribution in [1.82, 2.24) is 0 Å². The maximum atomic E-state index is 12.8. The van der Waals surface area contributed by atoms with Gasteiger partial charge in [-0.2, -0.15) is 12.6 Å². The highest BCUT2D eigenvalue weighted by atomic mass is 32.1. The van der Waals surface area contributed by atoms with Crippen LogP contribution in [0.15, 0.2) is 12.2 Å². The highest BCUT2D eigenvalue weighted by Crippen LogP contribution is 2.24. The Morgan fingerprint density at radius 1 is 1.33 bits per heavy atom. The van der Waals surface area contributed by atoms with Crippen molar-refractivity contribution in [1.29, 1.82) is 0 Å². The van der Waals surface area contributed by atoms with E-state index in [0.717, 1.165) is 6.08 Å². The Balaban J connectivity index is 3.96. The summed E-state index contributed by atoms with van der Waals surface area (Å²) in [5.74, 6) is -2.36. The topological polar surface area (TPSA) is 0 Å². The van der Waals surface area contributed by atoms with Gasteiger partial charge in [-0.15, -0.1) is 0 Å². The molecule has 0 aliphatic heterocycles. The zero-order valence-corrected chi connectivity index (χ0v) is 8.61. The van der Waals surface area contributed by atoms with Crippen LogP contribution in [-0.2, 0) is 0 Å². The lowest BCUT2D eigenvalue weighted by atomic mass is 10.1. The first kappa shape index (κ1) is 11.9. The molecule has 0 radical (unpaired) electrons. The van der Waals surface area contributed by atoms with E-state index >= 15 is 0 Å². The van der Waals surface area contributed by atoms with Crippen molar-refractivity contribution in [3.63, 3.8) is 0 Å². The number of alkyl halides is 2. The lowest BCUT2D eigenvalue weighted by molar-refractivity contribution is 0.0576. The van der Waals surface area contributed by atoms with Gasteiger partial charge in [-0.05, 0) is 25.3 Å². The summed E-state index contributed by atoms with van der Waals surface area (Å²) in [6.45, 7) is 5.38. The molecule has 0 saturated heterocycles. The molecule has 0 aliphatic carbocycles. The fourth-order valence-electron chi connectivity index (χ4n) is 0.637. The number of allylic oxidation sites excluding steroid dienone is 2. The molecule has 0 spiro atoms. The Morgan fingerprint density at radius 2 is 1.83 bits per heavy atom. The Labute approximate surface area is 78.5 Å². The summed E-state index contributed by atoms with van der Waals surface area (Å²) in [5, 5.41) is -0.916. The van der Waals surface area contributed by atoms with Gasteiger partial charge in [-0.25, -0.2) is 8.78 Å². The summed E-state index contributed by atoms with van der Waals surface area (Å²) >= 11 is 3.70. The molecule has 0 amide bonds. The average Bonchev–Trinajstić information content (AvgIpc) is 1.85. The van der Waals surface area contributed by atoms with Gasteiger partial charge in [0, 0.05) is 0 Å². The van der Waals surface area contributed by atoms with E-state index in [1.807, 2.05) is 13.8 Å².